The summed E-state index contributed by atoms with van der Waals surface area (Å²) in [7, 11) is -3.69. The normalized spacial score (nSPS) is 12.3. The number of hydrogen-bond acceptors (Lipinski definition) is 4. The molecular weight excluding hydrogens is 366 g/mol. The van der Waals surface area contributed by atoms with Crippen molar-refractivity contribution in [3.05, 3.63) is 59.7 Å². The summed E-state index contributed by atoms with van der Waals surface area (Å²) in [6.45, 7) is 4.87. The topological polar surface area (TPSA) is 111 Å². The van der Waals surface area contributed by atoms with Crippen LogP contribution in [0.3, 0.4) is 0 Å². The Morgan fingerprint density at radius 1 is 1.11 bits per heavy atom. The number of sulfonamides is 1. The average Bonchev–Trinajstić information content (AvgIpc) is 2.62. The van der Waals surface area contributed by atoms with E-state index in [2.05, 4.69) is 10.6 Å². The van der Waals surface area contributed by atoms with Gasteiger partial charge < -0.3 is 15.4 Å². The highest BCUT2D eigenvalue weighted by molar-refractivity contribution is 7.89. The Hall–Kier alpha value is -2.58. The number of benzene rings is 2. The molecule has 2 amide bonds. The fraction of sp³-hybridized carbons (Fsp3) is 0.316. The second kappa shape index (κ2) is 9.38. The highest BCUT2D eigenvalue weighted by Gasteiger charge is 2.10. The Balaban J connectivity index is 1.78. The highest BCUT2D eigenvalue weighted by Crippen LogP contribution is 2.17. The van der Waals surface area contributed by atoms with E-state index in [1.807, 2.05) is 38.1 Å². The third-order valence-corrected chi connectivity index (χ3v) is 4.92. The zero-order valence-corrected chi connectivity index (χ0v) is 16.3. The van der Waals surface area contributed by atoms with Crippen molar-refractivity contribution in [3.63, 3.8) is 0 Å². The molecule has 2 aromatic carbocycles. The van der Waals surface area contributed by atoms with Gasteiger partial charge in [0, 0.05) is 6.54 Å². The zero-order valence-electron chi connectivity index (χ0n) is 15.4. The molecule has 0 aromatic heterocycles. The summed E-state index contributed by atoms with van der Waals surface area (Å²) in [6.07, 6.45) is 0.579. The van der Waals surface area contributed by atoms with Crippen LogP contribution >= 0.6 is 0 Å². The van der Waals surface area contributed by atoms with Crippen LogP contribution < -0.4 is 20.5 Å². The molecule has 0 radical (unpaired) electrons. The molecule has 0 aliphatic rings. The molecule has 0 spiro atoms. The van der Waals surface area contributed by atoms with Crippen molar-refractivity contribution >= 4 is 16.1 Å². The summed E-state index contributed by atoms with van der Waals surface area (Å²) >= 11 is 0. The summed E-state index contributed by atoms with van der Waals surface area (Å²) in [5, 5.41) is 10.7. The van der Waals surface area contributed by atoms with E-state index < -0.39 is 10.0 Å². The van der Waals surface area contributed by atoms with Gasteiger partial charge in [-0.1, -0.05) is 24.3 Å². The van der Waals surface area contributed by atoms with Crippen LogP contribution in [0.2, 0.25) is 0 Å². The Bertz CT molecular complexity index is 850. The van der Waals surface area contributed by atoms with Gasteiger partial charge in [-0.05, 0) is 55.7 Å². The number of primary sulfonamides is 1. The third-order valence-electron chi connectivity index (χ3n) is 3.99. The predicted octanol–water partition coefficient (Wildman–Crippen LogP) is 2.34. The van der Waals surface area contributed by atoms with Crippen LogP contribution in [0.15, 0.2) is 53.4 Å². The van der Waals surface area contributed by atoms with Gasteiger partial charge >= 0.3 is 6.03 Å². The number of hydrogen-bond donors (Lipinski definition) is 3. The summed E-state index contributed by atoms with van der Waals surface area (Å²) in [4.78, 5) is 12.1. The molecule has 0 saturated heterocycles. The van der Waals surface area contributed by atoms with E-state index in [1.54, 1.807) is 12.1 Å². The molecule has 2 aromatic rings. The van der Waals surface area contributed by atoms with Crippen molar-refractivity contribution in [1.29, 1.82) is 0 Å². The number of nitrogens with one attached hydrogen (secondary N) is 2. The molecule has 1 atom stereocenters. The smallest absolute Gasteiger partial charge is 0.315 e. The van der Waals surface area contributed by atoms with E-state index in [1.165, 1.54) is 12.1 Å². The van der Waals surface area contributed by atoms with E-state index in [0.29, 0.717) is 19.6 Å². The van der Waals surface area contributed by atoms with Crippen LogP contribution in [0.25, 0.3) is 0 Å². The van der Waals surface area contributed by atoms with E-state index in [0.717, 1.165) is 16.9 Å². The number of urea groups is 1. The highest BCUT2D eigenvalue weighted by atomic mass is 32.2. The summed E-state index contributed by atoms with van der Waals surface area (Å²) in [5.74, 6) is 0.798. The van der Waals surface area contributed by atoms with Crippen molar-refractivity contribution < 1.29 is 17.9 Å². The monoisotopic (exact) mass is 391 g/mol. The fourth-order valence-corrected chi connectivity index (χ4v) is 3.03. The van der Waals surface area contributed by atoms with Gasteiger partial charge in [-0.3, -0.25) is 0 Å². The largest absolute Gasteiger partial charge is 0.494 e. The Morgan fingerprint density at radius 3 is 2.30 bits per heavy atom. The Kier molecular flexibility index (Phi) is 7.20. The van der Waals surface area contributed by atoms with Gasteiger partial charge in [0.15, 0.2) is 0 Å². The number of amides is 2. The minimum Gasteiger partial charge on any atom is -0.494 e. The molecule has 0 saturated carbocycles. The molecule has 7 nitrogen and oxygen atoms in total. The van der Waals surface area contributed by atoms with Crippen molar-refractivity contribution in [3.8, 4) is 5.75 Å². The molecule has 27 heavy (non-hydrogen) atoms. The summed E-state index contributed by atoms with van der Waals surface area (Å²) in [5.41, 5.74) is 1.88. The molecule has 146 valence electrons. The fourth-order valence-electron chi connectivity index (χ4n) is 2.52. The van der Waals surface area contributed by atoms with Crippen molar-refractivity contribution in [2.75, 3.05) is 13.2 Å². The van der Waals surface area contributed by atoms with Crippen LogP contribution in [0, 0.1) is 0 Å². The minimum atomic E-state index is -3.69. The summed E-state index contributed by atoms with van der Waals surface area (Å²) < 4.78 is 27.9. The van der Waals surface area contributed by atoms with Gasteiger partial charge in [-0.25, -0.2) is 18.4 Å². The molecule has 0 unspecified atom stereocenters. The number of carbonyl (C=O) groups excluding carboxylic acids is 1. The van der Waals surface area contributed by atoms with Gasteiger partial charge in [0.2, 0.25) is 10.0 Å². The lowest BCUT2D eigenvalue weighted by molar-refractivity contribution is 0.238. The number of carbonyl (C=O) groups is 1. The SMILES string of the molecule is CCOc1ccc([C@H](C)NC(=O)NCCc2ccc(S(N)(=O)=O)cc2)cc1. The van der Waals surface area contributed by atoms with Gasteiger partial charge in [-0.15, -0.1) is 0 Å². The number of ether oxygens (including phenoxy) is 1. The molecule has 0 aliphatic carbocycles. The lowest BCUT2D eigenvalue weighted by Crippen LogP contribution is -2.38. The van der Waals surface area contributed by atoms with E-state index in [9.17, 15) is 13.2 Å². The molecule has 8 heteroatoms. The average molecular weight is 391 g/mol. The molecule has 0 heterocycles. The first-order valence-corrected chi connectivity index (χ1v) is 10.2. The maximum absolute atomic E-state index is 12.0. The molecule has 4 N–H and O–H groups in total. The first kappa shape index (κ1) is 20.7. The lowest BCUT2D eigenvalue weighted by Gasteiger charge is -2.15. The zero-order chi connectivity index (χ0) is 19.9. The van der Waals surface area contributed by atoms with Crippen LogP contribution in [0.1, 0.15) is 31.0 Å². The van der Waals surface area contributed by atoms with Gasteiger partial charge in [0.05, 0.1) is 17.5 Å². The van der Waals surface area contributed by atoms with Crippen LogP contribution in [-0.2, 0) is 16.4 Å². The third kappa shape index (κ3) is 6.58. The number of nitrogens with two attached hydrogens (primary N) is 1. The Labute approximate surface area is 160 Å². The maximum Gasteiger partial charge on any atom is 0.315 e. The van der Waals surface area contributed by atoms with Crippen LogP contribution in [0.5, 0.6) is 5.75 Å². The second-order valence-corrected chi connectivity index (χ2v) is 7.62. The van der Waals surface area contributed by atoms with Gasteiger partial charge in [-0.2, -0.15) is 0 Å². The molecular formula is C19H25N3O4S. The molecule has 0 aliphatic heterocycles. The van der Waals surface area contributed by atoms with E-state index in [-0.39, 0.29) is 17.0 Å². The molecule has 0 bridgehead atoms. The molecule has 0 fully saturated rings. The van der Waals surface area contributed by atoms with Crippen LogP contribution in [0.4, 0.5) is 4.79 Å². The standard InChI is InChI=1S/C19H25N3O4S/c1-3-26-17-8-6-16(7-9-17)14(2)22-19(23)21-13-12-15-4-10-18(11-5-15)27(20,24)25/h4-11,14H,3,12-13H2,1-2H3,(H2,20,24,25)(H2,21,22,23)/t14-/m0/s1. The van der Waals surface area contributed by atoms with E-state index >= 15 is 0 Å². The first-order chi connectivity index (χ1) is 12.8. The van der Waals surface area contributed by atoms with Crippen molar-refractivity contribution in [1.82, 2.24) is 10.6 Å². The lowest BCUT2D eigenvalue weighted by atomic mass is 10.1. The van der Waals surface area contributed by atoms with E-state index in [4.69, 9.17) is 9.88 Å². The van der Waals surface area contributed by atoms with Crippen molar-refractivity contribution in [2.45, 2.75) is 31.2 Å². The van der Waals surface area contributed by atoms with Gasteiger partial charge in [0.25, 0.3) is 0 Å². The predicted molar refractivity (Wildman–Crippen MR) is 104 cm³/mol. The summed E-state index contributed by atoms with van der Waals surface area (Å²) in [6, 6.07) is 13.5. The van der Waals surface area contributed by atoms with Crippen LogP contribution in [-0.4, -0.2) is 27.6 Å². The van der Waals surface area contributed by atoms with Gasteiger partial charge in [0.1, 0.15) is 5.75 Å². The minimum absolute atomic E-state index is 0.0705. The Morgan fingerprint density at radius 2 is 1.74 bits per heavy atom. The number of rotatable bonds is 8. The quantitative estimate of drug-likeness (QED) is 0.641. The maximum atomic E-state index is 12.0. The molecule has 2 rings (SSSR count). The van der Waals surface area contributed by atoms with Crippen molar-refractivity contribution in [2.24, 2.45) is 5.14 Å². The second-order valence-electron chi connectivity index (χ2n) is 6.06. The first-order valence-electron chi connectivity index (χ1n) is 8.68.